The number of aromatic nitrogens is 2. The van der Waals surface area contributed by atoms with Gasteiger partial charge in [0.25, 0.3) is 5.91 Å². The van der Waals surface area contributed by atoms with E-state index >= 15 is 4.79 Å². The number of likely N-dealkylation sites (N-methyl/N-ethyl adjacent to an activating group) is 2. The zero-order chi connectivity index (χ0) is 65.3. The predicted molar refractivity (Wildman–Crippen MR) is 340 cm³/mol. The van der Waals surface area contributed by atoms with E-state index in [0.717, 1.165) is 21.4 Å². The van der Waals surface area contributed by atoms with E-state index in [0.29, 0.717) is 53.9 Å². The molecule has 25 nitrogen and oxygen atoms in total. The molecule has 3 aromatic carbocycles. The minimum absolute atomic E-state index is 0.00317. The van der Waals surface area contributed by atoms with Crippen LogP contribution in [0.1, 0.15) is 106 Å². The first-order valence-electron chi connectivity index (χ1n) is 30.4. The third-order valence-corrected chi connectivity index (χ3v) is 15.7. The number of aliphatic hydroxyl groups excluding tert-OH is 1. The number of amides is 9. The lowest BCUT2D eigenvalue weighted by molar-refractivity contribution is -0.144. The second kappa shape index (κ2) is 35.2. The molecule has 14 N–H and O–H groups in total. The first-order valence-corrected chi connectivity index (χ1v) is 30.8. The minimum Gasteiger partial charge on any atom is -0.508 e. The number of unbranched alkanes of at least 4 members (excludes halogenated alkanes) is 1. The average molecular weight is 1260 g/mol. The fourth-order valence-electron chi connectivity index (χ4n) is 10.6. The van der Waals surface area contributed by atoms with Gasteiger partial charge < -0.3 is 73.7 Å². The highest BCUT2D eigenvalue weighted by Gasteiger charge is 2.40. The molecule has 0 unspecified atom stereocenters. The number of aliphatic hydroxyl groups is 1. The summed E-state index contributed by atoms with van der Waals surface area (Å²) in [6.45, 7) is 5.40. The second-order valence-corrected chi connectivity index (χ2v) is 23.2. The van der Waals surface area contributed by atoms with Crippen molar-refractivity contribution in [3.05, 3.63) is 131 Å². The summed E-state index contributed by atoms with van der Waals surface area (Å²) in [5.74, 6) is -6.24. The number of guanidine groups is 1. The molecule has 26 heteroatoms. The molecule has 1 aliphatic rings. The van der Waals surface area contributed by atoms with E-state index in [4.69, 9.17) is 23.1 Å². The van der Waals surface area contributed by atoms with E-state index in [-0.39, 0.29) is 100 Å². The van der Waals surface area contributed by atoms with Gasteiger partial charge in [-0.2, -0.15) is 0 Å². The highest BCUT2D eigenvalue weighted by atomic mass is 35.5. The monoisotopic (exact) mass is 1260 g/mol. The number of carbonyl (C=O) groups excluding carboxylic acids is 9. The van der Waals surface area contributed by atoms with Crippen molar-refractivity contribution in [2.75, 3.05) is 39.8 Å². The molecule has 0 radical (unpaired) electrons. The number of aliphatic imine (C=N–C) groups is 1. The Morgan fingerprint density at radius 1 is 0.767 bits per heavy atom. The van der Waals surface area contributed by atoms with Crippen molar-refractivity contribution in [2.45, 2.75) is 140 Å². The number of phenols is 1. The number of para-hydroxylation sites is 1. The van der Waals surface area contributed by atoms with Gasteiger partial charge in [0.1, 0.15) is 48.0 Å². The summed E-state index contributed by atoms with van der Waals surface area (Å²) in [7, 11) is 1.29. The molecule has 90 heavy (non-hydrogen) atoms. The Balaban J connectivity index is 1.26. The Morgan fingerprint density at radius 2 is 1.43 bits per heavy atom. The van der Waals surface area contributed by atoms with Gasteiger partial charge >= 0.3 is 0 Å². The van der Waals surface area contributed by atoms with E-state index < -0.39 is 90.3 Å². The number of aromatic amines is 1. The summed E-state index contributed by atoms with van der Waals surface area (Å²) in [6, 6.07) is 14.4. The predicted octanol–water partition coefficient (Wildman–Crippen LogP) is 2.41. The summed E-state index contributed by atoms with van der Waals surface area (Å²) >= 11 is 6.08. The number of H-pyrrole nitrogens is 1. The smallest absolute Gasteiger partial charge is 0.252 e. The quantitative estimate of drug-likeness (QED) is 0.0160. The molecule has 0 aliphatic carbocycles. The number of nitrogens with zero attached hydrogens (tertiary/aromatic N) is 4. The lowest BCUT2D eigenvalue weighted by atomic mass is 9.99. The van der Waals surface area contributed by atoms with Crippen LogP contribution >= 0.6 is 11.6 Å². The van der Waals surface area contributed by atoms with Crippen LogP contribution in [-0.2, 0) is 57.6 Å². The van der Waals surface area contributed by atoms with Gasteiger partial charge in [-0.1, -0.05) is 67.9 Å². The van der Waals surface area contributed by atoms with Crippen LogP contribution in [0, 0.1) is 5.92 Å². The van der Waals surface area contributed by atoms with E-state index in [1.54, 1.807) is 49.5 Å². The number of carbonyl (C=O) groups is 9. The summed E-state index contributed by atoms with van der Waals surface area (Å²) in [5, 5.41) is 41.9. The van der Waals surface area contributed by atoms with E-state index in [1.165, 1.54) is 48.6 Å². The number of phenolic OH excluding ortho intramolecular Hbond substituents is 1. The molecule has 0 spiro atoms. The van der Waals surface area contributed by atoms with Crippen molar-refractivity contribution in [3.63, 3.8) is 0 Å². The van der Waals surface area contributed by atoms with Gasteiger partial charge in [0.15, 0.2) is 5.96 Å². The number of benzene rings is 3. The number of hydrogen-bond acceptors (Lipinski definition) is 13. The maximum Gasteiger partial charge on any atom is 0.252 e. The number of halogens is 1. The van der Waals surface area contributed by atoms with Gasteiger partial charge in [0, 0.05) is 87.0 Å². The van der Waals surface area contributed by atoms with E-state index in [1.807, 2.05) is 38.1 Å². The molecule has 484 valence electrons. The molecule has 7 atom stereocenters. The number of fused-ring (bicyclic) bond motifs is 1. The van der Waals surface area contributed by atoms with Crippen LogP contribution in [0.25, 0.3) is 10.9 Å². The van der Waals surface area contributed by atoms with E-state index in [9.17, 15) is 48.6 Å². The summed E-state index contributed by atoms with van der Waals surface area (Å²) in [6.07, 6.45) is 6.63. The molecule has 2 aromatic heterocycles. The van der Waals surface area contributed by atoms with Gasteiger partial charge in [-0.05, 0) is 130 Å². The minimum atomic E-state index is -1.67. The van der Waals surface area contributed by atoms with Crippen molar-refractivity contribution in [3.8, 4) is 5.75 Å². The Hall–Kier alpha value is -9.10. The van der Waals surface area contributed by atoms with Crippen molar-refractivity contribution >= 4 is 81.6 Å². The van der Waals surface area contributed by atoms with Crippen molar-refractivity contribution in [1.29, 1.82) is 0 Å². The molecule has 6 rings (SSSR count). The number of pyridine rings is 1. The first kappa shape index (κ1) is 70.0. The number of aromatic hydroxyl groups is 1. The van der Waals surface area contributed by atoms with Gasteiger partial charge in [-0.25, -0.2) is 0 Å². The largest absolute Gasteiger partial charge is 0.508 e. The highest BCUT2D eigenvalue weighted by molar-refractivity contribution is 6.30. The van der Waals surface area contributed by atoms with Crippen LogP contribution < -0.4 is 48.7 Å². The SMILES string of the molecule is CCNC(=O)[C@H]1CCCN1C(=O)[C@H](CCCN=C(N)N)NC(=O)[C@H](CC(C)C)NC(=O)[C@@H](CCCCNC(=O)c1cccnc1)NC(=O)[C@H](Cc1ccc(O)cc1)N(C)C(=O)[C@H](CO)NC(=O)[C@H](Cc1c[nH]c2ccccc12)NC(=O)CCc1ccc(Cl)cc1. The summed E-state index contributed by atoms with van der Waals surface area (Å²) in [4.78, 5) is 142. The van der Waals surface area contributed by atoms with Gasteiger partial charge in [0.2, 0.25) is 47.3 Å². The third kappa shape index (κ3) is 21.3. The molecule has 1 fully saturated rings. The Labute approximate surface area is 528 Å². The number of likely N-dealkylation sites (tertiary alicyclic amines) is 1. The van der Waals surface area contributed by atoms with Crippen LogP contribution in [0.4, 0.5) is 0 Å². The van der Waals surface area contributed by atoms with Crippen LogP contribution in [0.5, 0.6) is 5.75 Å². The summed E-state index contributed by atoms with van der Waals surface area (Å²) in [5.41, 5.74) is 14.2. The number of rotatable bonds is 34. The van der Waals surface area contributed by atoms with Crippen LogP contribution in [0.2, 0.25) is 5.02 Å². The molecule has 3 heterocycles. The average Bonchev–Trinajstić information content (AvgIpc) is 1.77. The maximum atomic E-state index is 15.1. The first-order chi connectivity index (χ1) is 43.1. The van der Waals surface area contributed by atoms with Gasteiger partial charge in [-0.3, -0.25) is 53.1 Å². The van der Waals surface area contributed by atoms with E-state index in [2.05, 4.69) is 52.2 Å². The van der Waals surface area contributed by atoms with Crippen LogP contribution in [0.3, 0.4) is 0 Å². The van der Waals surface area contributed by atoms with Gasteiger partial charge in [-0.15, -0.1) is 0 Å². The lowest BCUT2D eigenvalue weighted by Gasteiger charge is -2.32. The zero-order valence-electron chi connectivity index (χ0n) is 51.3. The number of hydrogen-bond donors (Lipinski definition) is 12. The molecule has 1 saturated heterocycles. The molecule has 0 bridgehead atoms. The van der Waals surface area contributed by atoms with Crippen molar-refractivity contribution in [1.82, 2.24) is 57.0 Å². The molecular weight excluding hydrogens is 1180 g/mol. The maximum absolute atomic E-state index is 15.1. The molecule has 0 saturated carbocycles. The fourth-order valence-corrected chi connectivity index (χ4v) is 10.8. The zero-order valence-corrected chi connectivity index (χ0v) is 52.1. The molecule has 5 aromatic rings. The Morgan fingerprint density at radius 3 is 2.12 bits per heavy atom. The number of aryl methyl sites for hydroxylation is 1. The van der Waals surface area contributed by atoms with Crippen molar-refractivity contribution in [2.24, 2.45) is 22.4 Å². The molecular formula is C64H85ClN14O11. The lowest BCUT2D eigenvalue weighted by Crippen LogP contribution is -2.61. The second-order valence-electron chi connectivity index (χ2n) is 22.7. The number of nitrogens with two attached hydrogens (primary N) is 2. The summed E-state index contributed by atoms with van der Waals surface area (Å²) < 4.78 is 0. The third-order valence-electron chi connectivity index (χ3n) is 15.4. The molecule has 9 amide bonds. The van der Waals surface area contributed by atoms with Crippen LogP contribution in [-0.4, -0.2) is 171 Å². The topological polar surface area (TPSA) is 378 Å². The number of nitrogens with one attached hydrogen (secondary N) is 8. The highest BCUT2D eigenvalue weighted by Crippen LogP contribution is 2.23. The molecule has 1 aliphatic heterocycles. The fraction of sp³-hybridized carbons (Fsp3) is 0.453. The van der Waals surface area contributed by atoms with Gasteiger partial charge in [0.05, 0.1) is 12.2 Å². The standard InChI is InChI=1S/C64H85ClN14O11/c1-5-69-60(87)53-18-12-32-79(53)63(90)49(17-11-31-71-64(66)67)75-58(85)50(33-39(2)3)76-57(84)48(16-8-9-30-70-56(83)42-13-10-29-68-36-42)74-61(88)54(34-41-21-26-45(81)27-22-41)78(4)62(89)52(38-80)77-59(86)51(35-43-37-72-47-15-7-6-14-46(43)47)73-55(82)28-23-40-19-24-44(65)25-20-40/h6-7,10,13-15,19-22,24-27,29,36-37,39,48-54,72,80-81H,5,8-9,11-12,16-18,23,28,30-35,38H2,1-4H3,(H,69,87)(H,70,83)(H,73,82)(H,74,88)(H,75,85)(H,76,84)(H,77,86)(H4,66,67,71)/t48-,49+,50+,51+,52+,53-,54+/m1/s1. The normalized spacial score (nSPS) is 14.8. The van der Waals surface area contributed by atoms with Crippen molar-refractivity contribution < 1.29 is 53.4 Å². The Kier molecular flexibility index (Phi) is 27.4. The Bertz CT molecular complexity index is 3250. The van der Waals surface area contributed by atoms with Crippen LogP contribution in [0.15, 0.2) is 109 Å².